The van der Waals surface area contributed by atoms with Crippen LogP contribution in [0.3, 0.4) is 0 Å². The number of ketones is 1. The number of aliphatic hydroxyl groups is 1. The van der Waals surface area contributed by atoms with E-state index in [2.05, 4.69) is 0 Å². The number of rotatable bonds is 8. The molecule has 1 atom stereocenters. The van der Waals surface area contributed by atoms with Crippen molar-refractivity contribution in [3.05, 3.63) is 70.8 Å². The van der Waals surface area contributed by atoms with E-state index in [1.54, 1.807) is 23.1 Å². The first-order valence-corrected chi connectivity index (χ1v) is 11.0. The second-order valence-corrected chi connectivity index (χ2v) is 8.71. The van der Waals surface area contributed by atoms with E-state index in [1.807, 2.05) is 70.1 Å². The molecular weight excluding hydrogens is 404 g/mol. The molecule has 1 saturated heterocycles. The highest BCUT2D eigenvalue weighted by atomic mass is 16.5. The van der Waals surface area contributed by atoms with Gasteiger partial charge in [-0.15, -0.1) is 0 Å². The Hall–Kier alpha value is -3.12. The number of hydrogen-bond acceptors (Lipinski definition) is 5. The lowest BCUT2D eigenvalue weighted by Gasteiger charge is -2.26. The van der Waals surface area contributed by atoms with Crippen LogP contribution in [-0.2, 0) is 9.59 Å². The fraction of sp³-hybridized carbons (Fsp3) is 0.385. The highest BCUT2D eigenvalue weighted by molar-refractivity contribution is 6.46. The van der Waals surface area contributed by atoms with Crippen LogP contribution >= 0.6 is 0 Å². The first kappa shape index (κ1) is 23.5. The monoisotopic (exact) mass is 436 g/mol. The third-order valence-corrected chi connectivity index (χ3v) is 5.47. The second kappa shape index (κ2) is 10.0. The standard InChI is InChI=1S/C26H32N2O4/c1-17(2)32-21-13-12-20(16-18(21)3)24(29)22-23(19-10-7-6-8-11-19)28(26(31)25(22)30)15-9-14-27(4)5/h6-8,10-13,16-17,23,29H,9,14-15H2,1-5H3/b24-22+/t23-/m1/s1. The molecule has 1 fully saturated rings. The lowest BCUT2D eigenvalue weighted by Crippen LogP contribution is -2.32. The van der Waals surface area contributed by atoms with E-state index in [9.17, 15) is 14.7 Å². The van der Waals surface area contributed by atoms with Crippen molar-refractivity contribution < 1.29 is 19.4 Å². The number of likely N-dealkylation sites (tertiary alicyclic amines) is 1. The summed E-state index contributed by atoms with van der Waals surface area (Å²) in [4.78, 5) is 29.6. The van der Waals surface area contributed by atoms with Crippen LogP contribution in [0.2, 0.25) is 0 Å². The van der Waals surface area contributed by atoms with Crippen molar-refractivity contribution in [2.45, 2.75) is 39.3 Å². The van der Waals surface area contributed by atoms with E-state index in [-0.39, 0.29) is 17.4 Å². The van der Waals surface area contributed by atoms with E-state index in [1.165, 1.54) is 0 Å². The molecule has 3 rings (SSSR count). The number of nitrogens with zero attached hydrogens (tertiary/aromatic N) is 2. The molecule has 1 N–H and O–H groups in total. The van der Waals surface area contributed by atoms with E-state index >= 15 is 0 Å². The fourth-order valence-electron chi connectivity index (χ4n) is 3.99. The van der Waals surface area contributed by atoms with Crippen LogP contribution in [0, 0.1) is 6.92 Å². The average Bonchev–Trinajstić information content (AvgIpc) is 2.99. The summed E-state index contributed by atoms with van der Waals surface area (Å²) in [5.41, 5.74) is 2.27. The normalized spacial score (nSPS) is 18.1. The minimum Gasteiger partial charge on any atom is -0.507 e. The third-order valence-electron chi connectivity index (χ3n) is 5.47. The van der Waals surface area contributed by atoms with Gasteiger partial charge in [0.2, 0.25) is 0 Å². The minimum absolute atomic E-state index is 0.0266. The highest BCUT2D eigenvalue weighted by Gasteiger charge is 2.45. The maximum atomic E-state index is 13.1. The molecule has 6 heteroatoms. The van der Waals surface area contributed by atoms with Gasteiger partial charge in [0.05, 0.1) is 17.7 Å². The van der Waals surface area contributed by atoms with Crippen molar-refractivity contribution in [2.24, 2.45) is 0 Å². The lowest BCUT2D eigenvalue weighted by molar-refractivity contribution is -0.139. The lowest BCUT2D eigenvalue weighted by atomic mass is 9.95. The van der Waals surface area contributed by atoms with Gasteiger partial charge < -0.3 is 19.6 Å². The van der Waals surface area contributed by atoms with Crippen LogP contribution in [0.15, 0.2) is 54.1 Å². The van der Waals surface area contributed by atoms with Crippen molar-refractivity contribution in [1.82, 2.24) is 9.80 Å². The zero-order valence-corrected chi connectivity index (χ0v) is 19.5. The van der Waals surface area contributed by atoms with Crippen molar-refractivity contribution in [3.8, 4) is 5.75 Å². The molecule has 2 aromatic rings. The molecule has 0 aromatic heterocycles. The number of aryl methyl sites for hydroxylation is 1. The quantitative estimate of drug-likeness (QED) is 0.382. The zero-order chi connectivity index (χ0) is 23.4. The molecule has 1 aliphatic rings. The van der Waals surface area contributed by atoms with Gasteiger partial charge >= 0.3 is 0 Å². The number of amides is 1. The number of hydrogen-bond donors (Lipinski definition) is 1. The zero-order valence-electron chi connectivity index (χ0n) is 19.5. The maximum Gasteiger partial charge on any atom is 0.295 e. The number of carbonyl (C=O) groups is 2. The van der Waals surface area contributed by atoms with Crippen LogP contribution in [0.5, 0.6) is 5.75 Å². The van der Waals surface area contributed by atoms with Crippen molar-refractivity contribution in [1.29, 1.82) is 0 Å². The van der Waals surface area contributed by atoms with Crippen LogP contribution in [0.4, 0.5) is 0 Å². The Morgan fingerprint density at radius 2 is 1.81 bits per heavy atom. The SMILES string of the molecule is Cc1cc(/C(O)=C2\C(=O)C(=O)N(CCCN(C)C)[C@@H]2c2ccccc2)ccc1OC(C)C. The Morgan fingerprint density at radius 3 is 2.41 bits per heavy atom. The number of carbonyl (C=O) groups excluding carboxylic acids is 2. The van der Waals surface area contributed by atoms with Gasteiger partial charge in [-0.25, -0.2) is 0 Å². The van der Waals surface area contributed by atoms with Gasteiger partial charge in [-0.1, -0.05) is 30.3 Å². The Bertz CT molecular complexity index is 1010. The molecule has 170 valence electrons. The molecule has 0 bridgehead atoms. The van der Waals surface area contributed by atoms with Gasteiger partial charge in [0, 0.05) is 12.1 Å². The Kier molecular flexibility index (Phi) is 7.36. The second-order valence-electron chi connectivity index (χ2n) is 8.71. The van der Waals surface area contributed by atoms with Gasteiger partial charge in [0.15, 0.2) is 0 Å². The van der Waals surface area contributed by atoms with E-state index in [4.69, 9.17) is 4.74 Å². The van der Waals surface area contributed by atoms with Crippen molar-refractivity contribution >= 4 is 17.4 Å². The topological polar surface area (TPSA) is 70.1 Å². The summed E-state index contributed by atoms with van der Waals surface area (Å²) >= 11 is 0. The molecule has 0 saturated carbocycles. The fourth-order valence-corrected chi connectivity index (χ4v) is 3.99. The van der Waals surface area contributed by atoms with E-state index in [0.29, 0.717) is 12.1 Å². The van der Waals surface area contributed by atoms with Crippen LogP contribution in [0.1, 0.15) is 43.0 Å². The average molecular weight is 437 g/mol. The molecule has 6 nitrogen and oxygen atoms in total. The van der Waals surface area contributed by atoms with Crippen molar-refractivity contribution in [3.63, 3.8) is 0 Å². The molecular formula is C26H32N2O4. The summed E-state index contributed by atoms with van der Waals surface area (Å²) in [5.74, 6) is -0.663. The van der Waals surface area contributed by atoms with E-state index < -0.39 is 17.7 Å². The number of ether oxygens (including phenoxy) is 1. The predicted molar refractivity (Wildman–Crippen MR) is 126 cm³/mol. The molecule has 2 aromatic carbocycles. The first-order valence-electron chi connectivity index (χ1n) is 11.0. The first-order chi connectivity index (χ1) is 15.2. The predicted octanol–water partition coefficient (Wildman–Crippen LogP) is 4.16. The van der Waals surface area contributed by atoms with Gasteiger partial charge in [0.1, 0.15) is 11.5 Å². The number of Topliss-reactive ketones (excluding diaryl/α,β-unsaturated/α-hetero) is 1. The summed E-state index contributed by atoms with van der Waals surface area (Å²) < 4.78 is 5.78. The highest BCUT2D eigenvalue weighted by Crippen LogP contribution is 2.39. The van der Waals surface area contributed by atoms with Gasteiger partial charge in [-0.05, 0) is 77.2 Å². The molecule has 1 amide bonds. The van der Waals surface area contributed by atoms with Crippen LogP contribution in [0.25, 0.3) is 5.76 Å². The molecule has 1 aliphatic heterocycles. The minimum atomic E-state index is -0.652. The van der Waals surface area contributed by atoms with Gasteiger partial charge in [0.25, 0.3) is 11.7 Å². The Labute approximate surface area is 190 Å². The summed E-state index contributed by atoms with van der Waals surface area (Å²) in [6.07, 6.45) is 0.753. The number of aliphatic hydroxyl groups excluding tert-OH is 1. The summed E-state index contributed by atoms with van der Waals surface area (Å²) in [7, 11) is 3.94. The number of benzene rings is 2. The molecule has 1 heterocycles. The molecule has 32 heavy (non-hydrogen) atoms. The van der Waals surface area contributed by atoms with Crippen molar-refractivity contribution in [2.75, 3.05) is 27.2 Å². The molecule has 0 radical (unpaired) electrons. The summed E-state index contributed by atoms with van der Waals surface area (Å²) in [6.45, 7) is 7.01. The Balaban J connectivity index is 2.05. The summed E-state index contributed by atoms with van der Waals surface area (Å²) in [5, 5.41) is 11.2. The molecule has 0 aliphatic carbocycles. The summed E-state index contributed by atoms with van der Waals surface area (Å²) in [6, 6.07) is 14.1. The smallest absolute Gasteiger partial charge is 0.295 e. The van der Waals surface area contributed by atoms with E-state index in [0.717, 1.165) is 29.8 Å². The molecule has 0 spiro atoms. The molecule has 0 unspecified atom stereocenters. The maximum absolute atomic E-state index is 13.1. The largest absolute Gasteiger partial charge is 0.507 e. The van der Waals surface area contributed by atoms with Gasteiger partial charge in [-0.2, -0.15) is 0 Å². The Morgan fingerprint density at radius 1 is 1.12 bits per heavy atom. The van der Waals surface area contributed by atoms with Crippen LogP contribution in [-0.4, -0.2) is 59.9 Å². The third kappa shape index (κ3) is 5.02. The van der Waals surface area contributed by atoms with Gasteiger partial charge in [-0.3, -0.25) is 9.59 Å². The van der Waals surface area contributed by atoms with Crippen LogP contribution < -0.4 is 4.74 Å².